The zero-order valence-corrected chi connectivity index (χ0v) is 13.4. The highest BCUT2D eigenvalue weighted by Crippen LogP contribution is 2.18. The highest BCUT2D eigenvalue weighted by molar-refractivity contribution is 5.67. The van der Waals surface area contributed by atoms with Crippen molar-refractivity contribution in [3.63, 3.8) is 0 Å². The summed E-state index contributed by atoms with van der Waals surface area (Å²) >= 11 is 0. The topological polar surface area (TPSA) is 61.8 Å². The average Bonchev–Trinajstić information content (AvgIpc) is 2.89. The van der Waals surface area contributed by atoms with Crippen molar-refractivity contribution in [1.82, 2.24) is 10.2 Å². The molecule has 0 saturated carbocycles. The number of likely N-dealkylation sites (tertiary alicyclic amines) is 1. The molecule has 22 heavy (non-hydrogen) atoms. The number of β-amino-alcohol motifs (C(OH)–C–C–N with tert-alkyl or cyclic N) is 1. The number of nitrogens with zero attached hydrogens (tertiary/aromatic N) is 1. The first kappa shape index (κ1) is 16.8. The van der Waals surface area contributed by atoms with Crippen molar-refractivity contribution in [3.8, 4) is 0 Å². The lowest BCUT2D eigenvalue weighted by Gasteiger charge is -2.25. The molecule has 1 unspecified atom stereocenters. The fourth-order valence-electron chi connectivity index (χ4n) is 2.77. The van der Waals surface area contributed by atoms with E-state index in [9.17, 15) is 9.90 Å². The van der Waals surface area contributed by atoms with Crippen molar-refractivity contribution in [2.24, 2.45) is 5.92 Å². The monoisotopic (exact) mass is 306 g/mol. The summed E-state index contributed by atoms with van der Waals surface area (Å²) < 4.78 is 5.19. The molecule has 0 aliphatic carbocycles. The predicted molar refractivity (Wildman–Crippen MR) is 85.5 cm³/mol. The van der Waals surface area contributed by atoms with Gasteiger partial charge in [-0.1, -0.05) is 30.3 Å². The van der Waals surface area contributed by atoms with Gasteiger partial charge in [0.2, 0.25) is 0 Å². The molecule has 2 N–H and O–H groups in total. The predicted octanol–water partition coefficient (Wildman–Crippen LogP) is 2.01. The van der Waals surface area contributed by atoms with E-state index < -0.39 is 5.60 Å². The van der Waals surface area contributed by atoms with Gasteiger partial charge >= 0.3 is 6.09 Å². The van der Waals surface area contributed by atoms with Gasteiger partial charge in [-0.25, -0.2) is 4.79 Å². The Bertz CT molecular complexity index is 471. The Kier molecular flexibility index (Phi) is 5.80. The number of carbonyl (C=O) groups excluding carboxylic acids is 1. The van der Waals surface area contributed by atoms with Crippen LogP contribution in [0.25, 0.3) is 0 Å². The molecule has 1 aromatic carbocycles. The van der Waals surface area contributed by atoms with Crippen LogP contribution in [-0.2, 0) is 11.3 Å². The van der Waals surface area contributed by atoms with Crippen molar-refractivity contribution in [1.29, 1.82) is 0 Å². The quantitative estimate of drug-likeness (QED) is 0.844. The zero-order valence-electron chi connectivity index (χ0n) is 13.4. The summed E-state index contributed by atoms with van der Waals surface area (Å²) in [4.78, 5) is 13.9. The Morgan fingerprint density at radius 2 is 2.14 bits per heavy atom. The molecular formula is C17H26N2O3. The van der Waals surface area contributed by atoms with E-state index in [0.717, 1.165) is 25.1 Å². The number of ether oxygens (including phenoxy) is 1. The van der Waals surface area contributed by atoms with E-state index in [1.807, 2.05) is 44.2 Å². The maximum Gasteiger partial charge on any atom is 0.407 e. The molecule has 122 valence electrons. The average molecular weight is 306 g/mol. The van der Waals surface area contributed by atoms with Crippen molar-refractivity contribution in [2.75, 3.05) is 26.2 Å². The van der Waals surface area contributed by atoms with E-state index >= 15 is 0 Å². The van der Waals surface area contributed by atoms with Crippen molar-refractivity contribution >= 4 is 6.09 Å². The molecule has 0 bridgehead atoms. The highest BCUT2D eigenvalue weighted by Gasteiger charge is 2.26. The number of carbonyl (C=O) groups is 1. The lowest BCUT2D eigenvalue weighted by atomic mass is 10.1. The third-order valence-electron chi connectivity index (χ3n) is 3.73. The highest BCUT2D eigenvalue weighted by atomic mass is 16.5. The molecule has 0 radical (unpaired) electrons. The molecule has 1 aliphatic heterocycles. The third kappa shape index (κ3) is 6.03. The van der Waals surface area contributed by atoms with E-state index in [1.54, 1.807) is 0 Å². The normalized spacial score (nSPS) is 19.1. The maximum absolute atomic E-state index is 11.7. The smallest absolute Gasteiger partial charge is 0.407 e. The summed E-state index contributed by atoms with van der Waals surface area (Å²) in [5, 5.41) is 12.7. The molecule has 0 aromatic heterocycles. The molecule has 0 spiro atoms. The van der Waals surface area contributed by atoms with Crippen LogP contribution in [0, 0.1) is 5.92 Å². The van der Waals surface area contributed by atoms with Crippen LogP contribution in [0.4, 0.5) is 4.79 Å². The van der Waals surface area contributed by atoms with E-state index in [4.69, 9.17) is 4.74 Å². The largest absolute Gasteiger partial charge is 0.445 e. The Morgan fingerprint density at radius 1 is 1.41 bits per heavy atom. The molecule has 1 aliphatic rings. The number of nitrogens with one attached hydrogen (secondary N) is 1. The Labute approximate surface area is 132 Å². The molecule has 1 aromatic rings. The maximum atomic E-state index is 11.7. The molecular weight excluding hydrogens is 280 g/mol. The van der Waals surface area contributed by atoms with Gasteiger partial charge in [0.15, 0.2) is 0 Å². The van der Waals surface area contributed by atoms with E-state index in [2.05, 4.69) is 10.2 Å². The summed E-state index contributed by atoms with van der Waals surface area (Å²) in [6, 6.07) is 9.64. The second-order valence-corrected chi connectivity index (χ2v) is 6.64. The molecule has 5 heteroatoms. The van der Waals surface area contributed by atoms with Crippen molar-refractivity contribution in [3.05, 3.63) is 35.9 Å². The zero-order chi connectivity index (χ0) is 16.0. The summed E-state index contributed by atoms with van der Waals surface area (Å²) in [5.74, 6) is 0.423. The number of aliphatic hydroxyl groups is 1. The number of hydrogen-bond donors (Lipinski definition) is 2. The minimum atomic E-state index is -0.670. The Hall–Kier alpha value is -1.59. The van der Waals surface area contributed by atoms with Gasteiger partial charge in [-0.3, -0.25) is 0 Å². The minimum Gasteiger partial charge on any atom is -0.445 e. The molecule has 1 heterocycles. The van der Waals surface area contributed by atoms with Crippen LogP contribution in [0.3, 0.4) is 0 Å². The van der Waals surface area contributed by atoms with Gasteiger partial charge in [-0.15, -0.1) is 0 Å². The molecule has 1 atom stereocenters. The van der Waals surface area contributed by atoms with Crippen molar-refractivity contribution in [2.45, 2.75) is 32.5 Å². The van der Waals surface area contributed by atoms with Gasteiger partial charge in [-0.2, -0.15) is 0 Å². The Morgan fingerprint density at radius 3 is 2.82 bits per heavy atom. The lowest BCUT2D eigenvalue weighted by Crippen LogP contribution is -2.38. The van der Waals surface area contributed by atoms with Crippen LogP contribution >= 0.6 is 0 Å². The molecule has 2 rings (SSSR count). The number of alkyl carbamates (subject to hydrolysis) is 1. The summed E-state index contributed by atoms with van der Waals surface area (Å²) in [5.41, 5.74) is 0.312. The van der Waals surface area contributed by atoms with Gasteiger partial charge in [-0.05, 0) is 38.3 Å². The van der Waals surface area contributed by atoms with Gasteiger partial charge in [0.25, 0.3) is 0 Å². The Balaban J connectivity index is 1.63. The SMILES string of the molecule is CC(C)(O)CN1CCC(CNC(=O)OCc2ccccc2)C1. The second kappa shape index (κ2) is 7.61. The number of hydrogen-bond acceptors (Lipinski definition) is 4. The van der Waals surface area contributed by atoms with Crippen LogP contribution in [0.15, 0.2) is 30.3 Å². The van der Waals surface area contributed by atoms with Gasteiger partial charge in [0, 0.05) is 19.6 Å². The van der Waals surface area contributed by atoms with Gasteiger partial charge < -0.3 is 20.1 Å². The van der Waals surface area contributed by atoms with E-state index in [-0.39, 0.29) is 6.09 Å². The van der Waals surface area contributed by atoms with Crippen LogP contribution in [0.2, 0.25) is 0 Å². The van der Waals surface area contributed by atoms with Crippen LogP contribution in [0.1, 0.15) is 25.8 Å². The summed E-state index contributed by atoms with van der Waals surface area (Å²) in [6.45, 7) is 7.09. The molecule has 1 fully saturated rings. The minimum absolute atomic E-state index is 0.294. The first-order valence-electron chi connectivity index (χ1n) is 7.82. The molecule has 5 nitrogen and oxygen atoms in total. The first-order valence-corrected chi connectivity index (χ1v) is 7.82. The third-order valence-corrected chi connectivity index (χ3v) is 3.73. The summed E-state index contributed by atoms with van der Waals surface area (Å²) in [7, 11) is 0. The number of benzene rings is 1. The van der Waals surface area contributed by atoms with Gasteiger partial charge in [0.1, 0.15) is 6.61 Å². The second-order valence-electron chi connectivity index (χ2n) is 6.64. The van der Waals surface area contributed by atoms with E-state index in [0.29, 0.717) is 25.6 Å². The van der Waals surface area contributed by atoms with E-state index in [1.165, 1.54) is 0 Å². The van der Waals surface area contributed by atoms with Crippen LogP contribution < -0.4 is 5.32 Å². The first-order chi connectivity index (χ1) is 10.4. The molecule has 1 saturated heterocycles. The fraction of sp³-hybridized carbons (Fsp3) is 0.588. The number of rotatable bonds is 6. The van der Waals surface area contributed by atoms with Gasteiger partial charge in [0.05, 0.1) is 5.60 Å². The summed E-state index contributed by atoms with van der Waals surface area (Å²) in [6.07, 6.45) is 0.666. The fourth-order valence-corrected chi connectivity index (χ4v) is 2.77. The molecule has 1 amide bonds. The van der Waals surface area contributed by atoms with Crippen LogP contribution in [0.5, 0.6) is 0 Å². The lowest BCUT2D eigenvalue weighted by molar-refractivity contribution is 0.0427. The standard InChI is InChI=1S/C17H26N2O3/c1-17(2,21)13-19-9-8-15(11-19)10-18-16(20)22-12-14-6-4-3-5-7-14/h3-7,15,21H,8-13H2,1-2H3,(H,18,20). The van der Waals surface area contributed by atoms with Crippen LogP contribution in [-0.4, -0.2) is 47.9 Å². The van der Waals surface area contributed by atoms with Crippen molar-refractivity contribution < 1.29 is 14.6 Å². The number of amides is 1.